The Bertz CT molecular complexity index is 526. The van der Waals surface area contributed by atoms with E-state index in [4.69, 9.17) is 10.6 Å². The number of aryl methyl sites for hydroxylation is 1. The fourth-order valence-corrected chi connectivity index (χ4v) is 1.72. The van der Waals surface area contributed by atoms with Gasteiger partial charge in [0.2, 0.25) is 0 Å². The van der Waals surface area contributed by atoms with E-state index in [1.54, 1.807) is 13.3 Å². The number of ether oxygens (including phenoxy) is 1. The monoisotopic (exact) mass is 229 g/mol. The first kappa shape index (κ1) is 11.4. The molecule has 4 nitrogen and oxygen atoms in total. The van der Waals surface area contributed by atoms with Gasteiger partial charge in [0.25, 0.3) is 0 Å². The SMILES string of the molecule is COc1ccc(-c2cc(NN)ccn2)c(C)c1. The summed E-state index contributed by atoms with van der Waals surface area (Å²) in [7, 11) is 1.66. The van der Waals surface area contributed by atoms with Gasteiger partial charge in [0, 0.05) is 11.8 Å². The van der Waals surface area contributed by atoms with Gasteiger partial charge in [-0.25, -0.2) is 0 Å². The predicted molar refractivity (Wildman–Crippen MR) is 68.8 cm³/mol. The Morgan fingerprint density at radius 1 is 1.24 bits per heavy atom. The van der Waals surface area contributed by atoms with Crippen LogP contribution < -0.4 is 16.0 Å². The van der Waals surface area contributed by atoms with E-state index in [1.807, 2.05) is 37.3 Å². The largest absolute Gasteiger partial charge is 0.497 e. The van der Waals surface area contributed by atoms with Crippen molar-refractivity contribution in [1.29, 1.82) is 0 Å². The van der Waals surface area contributed by atoms with Gasteiger partial charge < -0.3 is 10.2 Å². The van der Waals surface area contributed by atoms with Crippen molar-refractivity contribution in [2.75, 3.05) is 12.5 Å². The number of nitrogens with zero attached hydrogens (tertiary/aromatic N) is 1. The highest BCUT2D eigenvalue weighted by Crippen LogP contribution is 2.26. The number of pyridine rings is 1. The van der Waals surface area contributed by atoms with E-state index < -0.39 is 0 Å². The Morgan fingerprint density at radius 3 is 2.71 bits per heavy atom. The Morgan fingerprint density at radius 2 is 2.06 bits per heavy atom. The Labute approximate surface area is 100 Å². The first-order chi connectivity index (χ1) is 8.24. The number of nitrogens with one attached hydrogen (secondary N) is 1. The standard InChI is InChI=1S/C13H15N3O/c1-9-7-11(17-2)3-4-12(9)13-8-10(16-14)5-6-15-13/h3-8H,14H2,1-2H3,(H,15,16). The van der Waals surface area contributed by atoms with Crippen LogP contribution in [0.25, 0.3) is 11.3 Å². The zero-order chi connectivity index (χ0) is 12.3. The van der Waals surface area contributed by atoms with Crippen LogP contribution in [-0.2, 0) is 0 Å². The maximum atomic E-state index is 5.38. The molecule has 0 aliphatic heterocycles. The highest BCUT2D eigenvalue weighted by Gasteiger charge is 2.05. The number of nitrogens with two attached hydrogens (primary N) is 1. The van der Waals surface area contributed by atoms with Crippen LogP contribution in [0.1, 0.15) is 5.56 Å². The maximum absolute atomic E-state index is 5.38. The third-order valence-electron chi connectivity index (χ3n) is 2.64. The number of anilines is 1. The van der Waals surface area contributed by atoms with E-state index in [-0.39, 0.29) is 0 Å². The summed E-state index contributed by atoms with van der Waals surface area (Å²) in [6.07, 6.45) is 1.73. The fourth-order valence-electron chi connectivity index (χ4n) is 1.72. The van der Waals surface area contributed by atoms with Crippen molar-refractivity contribution >= 4 is 5.69 Å². The molecule has 1 heterocycles. The number of hydrogen-bond donors (Lipinski definition) is 2. The zero-order valence-electron chi connectivity index (χ0n) is 9.90. The zero-order valence-corrected chi connectivity index (χ0v) is 9.90. The molecule has 3 N–H and O–H groups in total. The maximum Gasteiger partial charge on any atom is 0.119 e. The highest BCUT2D eigenvalue weighted by molar-refractivity contribution is 5.67. The first-order valence-corrected chi connectivity index (χ1v) is 5.32. The van der Waals surface area contributed by atoms with Gasteiger partial charge in [0.05, 0.1) is 18.5 Å². The van der Waals surface area contributed by atoms with Gasteiger partial charge in [0.15, 0.2) is 0 Å². The Hall–Kier alpha value is -2.07. The summed E-state index contributed by atoms with van der Waals surface area (Å²) in [6, 6.07) is 9.64. The molecule has 0 bridgehead atoms. The molecular formula is C13H15N3O. The van der Waals surface area contributed by atoms with Crippen LogP contribution in [0.5, 0.6) is 5.75 Å². The summed E-state index contributed by atoms with van der Waals surface area (Å²) in [5, 5.41) is 0. The molecule has 0 saturated heterocycles. The minimum atomic E-state index is 0.838. The number of hydrazine groups is 1. The van der Waals surface area contributed by atoms with E-state index in [1.165, 1.54) is 0 Å². The number of nitrogen functional groups attached to an aromatic ring is 1. The lowest BCUT2D eigenvalue weighted by molar-refractivity contribution is 0.414. The van der Waals surface area contributed by atoms with Crippen molar-refractivity contribution in [1.82, 2.24) is 4.98 Å². The van der Waals surface area contributed by atoms with Crippen LogP contribution in [0.15, 0.2) is 36.5 Å². The smallest absolute Gasteiger partial charge is 0.119 e. The molecule has 2 rings (SSSR count). The van der Waals surface area contributed by atoms with Gasteiger partial charge in [-0.1, -0.05) is 0 Å². The average Bonchev–Trinajstić information content (AvgIpc) is 2.38. The Kier molecular flexibility index (Phi) is 3.25. The summed E-state index contributed by atoms with van der Waals surface area (Å²) >= 11 is 0. The lowest BCUT2D eigenvalue weighted by Crippen LogP contribution is -2.06. The Balaban J connectivity index is 2.45. The van der Waals surface area contributed by atoms with E-state index in [9.17, 15) is 0 Å². The van der Waals surface area contributed by atoms with Gasteiger partial charge in [-0.15, -0.1) is 0 Å². The third kappa shape index (κ3) is 2.37. The number of hydrogen-bond acceptors (Lipinski definition) is 4. The summed E-state index contributed by atoms with van der Waals surface area (Å²) in [5.41, 5.74) is 6.53. The molecule has 2 aromatic rings. The van der Waals surface area contributed by atoms with Gasteiger partial charge in [-0.05, 0) is 42.8 Å². The quantitative estimate of drug-likeness (QED) is 0.626. The van der Waals surface area contributed by atoms with Gasteiger partial charge in [-0.2, -0.15) is 0 Å². The number of aromatic nitrogens is 1. The second-order valence-corrected chi connectivity index (χ2v) is 3.75. The molecule has 0 amide bonds. The molecule has 0 unspecified atom stereocenters. The van der Waals surface area contributed by atoms with Crippen molar-refractivity contribution in [2.45, 2.75) is 6.92 Å². The average molecular weight is 229 g/mol. The number of methoxy groups -OCH3 is 1. The summed E-state index contributed by atoms with van der Waals surface area (Å²) < 4.78 is 5.18. The van der Waals surface area contributed by atoms with E-state index in [0.29, 0.717) is 0 Å². The lowest BCUT2D eigenvalue weighted by atomic mass is 10.0. The second-order valence-electron chi connectivity index (χ2n) is 3.75. The van der Waals surface area contributed by atoms with Crippen molar-refractivity contribution in [3.05, 3.63) is 42.1 Å². The normalized spacial score (nSPS) is 10.1. The van der Waals surface area contributed by atoms with Gasteiger partial charge in [-0.3, -0.25) is 10.8 Å². The molecule has 0 spiro atoms. The fraction of sp³-hybridized carbons (Fsp3) is 0.154. The van der Waals surface area contributed by atoms with Crippen LogP contribution in [-0.4, -0.2) is 12.1 Å². The number of benzene rings is 1. The minimum Gasteiger partial charge on any atom is -0.497 e. The van der Waals surface area contributed by atoms with Crippen LogP contribution >= 0.6 is 0 Å². The third-order valence-corrected chi connectivity index (χ3v) is 2.64. The van der Waals surface area contributed by atoms with E-state index in [2.05, 4.69) is 10.4 Å². The van der Waals surface area contributed by atoms with Crippen molar-refractivity contribution < 1.29 is 4.74 Å². The number of rotatable bonds is 3. The molecule has 0 aliphatic rings. The molecular weight excluding hydrogens is 214 g/mol. The van der Waals surface area contributed by atoms with Gasteiger partial charge in [0.1, 0.15) is 5.75 Å². The van der Waals surface area contributed by atoms with Crippen LogP contribution in [0.3, 0.4) is 0 Å². The topological polar surface area (TPSA) is 60.2 Å². The summed E-state index contributed by atoms with van der Waals surface area (Å²) in [4.78, 5) is 4.34. The van der Waals surface area contributed by atoms with Crippen LogP contribution in [0, 0.1) is 6.92 Å². The molecule has 0 radical (unpaired) electrons. The highest BCUT2D eigenvalue weighted by atomic mass is 16.5. The van der Waals surface area contributed by atoms with Gasteiger partial charge >= 0.3 is 0 Å². The van der Waals surface area contributed by atoms with Crippen molar-refractivity contribution in [3.8, 4) is 17.0 Å². The van der Waals surface area contributed by atoms with Crippen LogP contribution in [0.2, 0.25) is 0 Å². The molecule has 0 saturated carbocycles. The first-order valence-electron chi connectivity index (χ1n) is 5.32. The molecule has 0 fully saturated rings. The summed E-state index contributed by atoms with van der Waals surface area (Å²) in [5.74, 6) is 6.23. The minimum absolute atomic E-state index is 0.838. The molecule has 1 aromatic carbocycles. The molecule has 88 valence electrons. The second kappa shape index (κ2) is 4.84. The molecule has 0 aliphatic carbocycles. The molecule has 17 heavy (non-hydrogen) atoms. The lowest BCUT2D eigenvalue weighted by Gasteiger charge is -2.08. The van der Waals surface area contributed by atoms with Crippen molar-refractivity contribution in [2.24, 2.45) is 5.84 Å². The predicted octanol–water partition coefficient (Wildman–Crippen LogP) is 2.35. The molecule has 0 atom stereocenters. The molecule has 1 aromatic heterocycles. The van der Waals surface area contributed by atoms with Crippen molar-refractivity contribution in [3.63, 3.8) is 0 Å². The summed E-state index contributed by atoms with van der Waals surface area (Å²) in [6.45, 7) is 2.03. The van der Waals surface area contributed by atoms with E-state index >= 15 is 0 Å². The van der Waals surface area contributed by atoms with Crippen LogP contribution in [0.4, 0.5) is 5.69 Å². The molecule has 4 heteroatoms. The van der Waals surface area contributed by atoms with E-state index in [0.717, 1.165) is 28.3 Å².